The highest BCUT2D eigenvalue weighted by molar-refractivity contribution is 7.71. The summed E-state index contributed by atoms with van der Waals surface area (Å²) in [5.41, 5.74) is -0.947. The van der Waals surface area contributed by atoms with Crippen molar-refractivity contribution in [3.05, 3.63) is 225 Å². The van der Waals surface area contributed by atoms with E-state index in [-0.39, 0.29) is 78.6 Å². The van der Waals surface area contributed by atoms with Crippen molar-refractivity contribution in [1.29, 1.82) is 0 Å². The van der Waals surface area contributed by atoms with Crippen molar-refractivity contribution in [3.63, 3.8) is 0 Å². The molecule has 16 rings (SSSR count). The van der Waals surface area contributed by atoms with Gasteiger partial charge in [0.1, 0.15) is 127 Å². The third-order valence-electron chi connectivity index (χ3n) is 17.5. The Hall–Kier alpha value is -8.31. The lowest BCUT2D eigenvalue weighted by Gasteiger charge is -2.32. The van der Waals surface area contributed by atoms with Gasteiger partial charge in [-0.2, -0.15) is 0 Å². The number of aliphatic hydroxyl groups is 8. The molecule has 3 aromatic heterocycles. The number of aliphatic hydroxyl groups excluding tert-OH is 8. The minimum atomic E-state index is -4.89. The van der Waals surface area contributed by atoms with E-state index >= 15 is 17.6 Å². The van der Waals surface area contributed by atoms with Gasteiger partial charge in [0, 0.05) is 71.3 Å². The lowest BCUT2D eigenvalue weighted by molar-refractivity contribution is -0.208. The number of benzene rings is 4. The molecular formula is C65H62F8N8O32P4S3. The van der Waals surface area contributed by atoms with Gasteiger partial charge < -0.3 is 88.1 Å². The number of carbonyl (C=O) groups is 1. The largest absolute Gasteiger partial charge is 0.530 e. The summed E-state index contributed by atoms with van der Waals surface area (Å²) >= 11 is 14.7. The lowest BCUT2D eigenvalue weighted by Crippen LogP contribution is -2.46. The number of phosphoric acid groups is 4. The number of hydrogen-bond donors (Lipinski definition) is 12. The quantitative estimate of drug-likeness (QED) is 0.0295. The van der Waals surface area contributed by atoms with Crippen molar-refractivity contribution in [3.8, 4) is 23.0 Å². The summed E-state index contributed by atoms with van der Waals surface area (Å²) < 4.78 is 295. The first-order valence-corrected chi connectivity index (χ1v) is 40.7. The molecule has 55 heteroatoms. The van der Waals surface area contributed by atoms with Crippen LogP contribution in [0.25, 0.3) is 0 Å². The first kappa shape index (κ1) is 81.4. The lowest BCUT2D eigenvalue weighted by atomic mass is 10.1. The Morgan fingerprint density at radius 2 is 0.767 bits per heavy atom. The Kier molecular flexibility index (Phi) is 23.6. The highest BCUT2D eigenvalue weighted by atomic mass is 32.1. The maximum atomic E-state index is 15.8. The molecule has 9 aliphatic rings. The summed E-state index contributed by atoms with van der Waals surface area (Å²) in [6.45, 7) is -8.20. The molecule has 4 saturated heterocycles. The van der Waals surface area contributed by atoms with E-state index < -0.39 is 214 Å². The molecule has 40 nitrogen and oxygen atoms in total. The third-order valence-corrected chi connectivity index (χ3v) is 23.4. The minimum absolute atomic E-state index is 0.00815. The predicted octanol–water partition coefficient (Wildman–Crippen LogP) is 6.11. The van der Waals surface area contributed by atoms with Gasteiger partial charge in [-0.3, -0.25) is 84.0 Å². The number of ether oxygens (including phenoxy) is 4. The average molecular weight is 1850 g/mol. The second-order valence-electron chi connectivity index (χ2n) is 25.7. The van der Waals surface area contributed by atoms with Gasteiger partial charge in [0.2, 0.25) is 0 Å². The number of carbonyl (C=O) groups excluding carboxylic acids is 1. The summed E-state index contributed by atoms with van der Waals surface area (Å²) in [5, 5.41) is 84.1. The van der Waals surface area contributed by atoms with Crippen LogP contribution in [-0.4, -0.2) is 185 Å². The standard InChI is InChI=1S/C17H17F2N2O8P.3C16H15F2N2O8PS/c1-9-20-13(22)4-5-21(9)16-14(23)15(24)17(19,28-16)8-27-30(25)26-7-10-6-11(18)2-3-12(10)29-30;3*17-9-1-2-10-8(5-9)6-25-29(24,28-10)26-7-16(18)13(23)12(22)14(27-16)20-4-3-11(21)19-15(20)30/h2-6,14-16,23-24H,1,7-8H2,(H,20,22);3*1-5,12-14,22-23H,6-7H2,(H,19,21,30)/t14-,15+,16-,17-,30?;3*12-,13+,14-,16-,29?/m1111/s1/i8D2,16D;14D;7D2;. The van der Waals surface area contributed by atoms with Crippen molar-refractivity contribution in [2.45, 2.75) is 124 Å². The molecule has 9 aliphatic heterocycles. The second kappa shape index (κ2) is 34.8. The molecule has 0 spiro atoms. The molecule has 20 atom stereocenters. The fourth-order valence-corrected chi connectivity index (χ4v) is 16.9. The number of halogens is 8. The molecule has 4 fully saturated rings. The van der Waals surface area contributed by atoms with Gasteiger partial charge in [-0.25, -0.2) is 53.4 Å². The topological polar surface area (TPSA) is 524 Å². The first-order valence-electron chi connectivity index (χ1n) is 36.6. The maximum absolute atomic E-state index is 15.8. The zero-order valence-corrected chi connectivity index (χ0v) is 65.5. The van der Waals surface area contributed by atoms with Crippen molar-refractivity contribution in [1.82, 2.24) is 38.9 Å². The fraction of sp³-hybridized carbons (Fsp3) is 0.369. The van der Waals surface area contributed by atoms with Crippen molar-refractivity contribution < 1.29 is 180 Å². The van der Waals surface area contributed by atoms with Crippen LogP contribution < -0.4 is 40.1 Å². The van der Waals surface area contributed by atoms with Crippen LogP contribution in [0, 0.1) is 37.6 Å². The van der Waals surface area contributed by atoms with Gasteiger partial charge in [0.25, 0.3) is 46.0 Å². The Bertz CT molecular complexity index is 6120. The van der Waals surface area contributed by atoms with E-state index in [1.54, 1.807) is 0 Å². The van der Waals surface area contributed by atoms with Gasteiger partial charge in [0.05, 0.1) is 34.7 Å². The summed E-state index contributed by atoms with van der Waals surface area (Å²) in [7, 11) is -18.4. The van der Waals surface area contributed by atoms with Crippen LogP contribution in [0.1, 0.15) is 49.1 Å². The number of aromatic nitrogens is 6. The van der Waals surface area contributed by atoms with Gasteiger partial charge >= 0.3 is 31.3 Å². The third kappa shape index (κ3) is 19.2. The van der Waals surface area contributed by atoms with Crippen LogP contribution in [0.3, 0.4) is 0 Å². The molecule has 1 amide bonds. The molecule has 0 saturated carbocycles. The number of aromatic amines is 3. The van der Waals surface area contributed by atoms with Crippen molar-refractivity contribution >= 4 is 73.9 Å². The number of H-pyrrole nitrogens is 3. The number of rotatable bonds is 16. The fourth-order valence-electron chi connectivity index (χ4n) is 11.4. The normalized spacial score (nSPS) is 36.0. The number of amides is 1. The smallest absolute Gasteiger partial charge is 0.404 e. The first-order chi connectivity index (χ1) is 58.6. The van der Waals surface area contributed by atoms with E-state index in [0.717, 1.165) is 123 Å². The highest BCUT2D eigenvalue weighted by Crippen LogP contribution is 2.60. The zero-order chi connectivity index (χ0) is 92.2. The zero-order valence-electron chi connectivity index (χ0n) is 65.5. The highest BCUT2D eigenvalue weighted by Gasteiger charge is 2.62. The average Bonchev–Trinajstić information content (AvgIpc) is 1.37. The van der Waals surface area contributed by atoms with Crippen molar-refractivity contribution in [2.24, 2.45) is 0 Å². The summed E-state index contributed by atoms with van der Waals surface area (Å²) in [6, 6.07) is 15.9. The van der Waals surface area contributed by atoms with Crippen LogP contribution >= 0.6 is 67.9 Å². The van der Waals surface area contributed by atoms with Crippen LogP contribution in [-0.2, 0) is 105 Å². The van der Waals surface area contributed by atoms with Crippen LogP contribution in [0.5, 0.6) is 23.0 Å². The molecule has 120 heavy (non-hydrogen) atoms. The van der Waals surface area contributed by atoms with Crippen LogP contribution in [0.4, 0.5) is 35.1 Å². The van der Waals surface area contributed by atoms with Crippen LogP contribution in [0.2, 0.25) is 0 Å². The van der Waals surface area contributed by atoms with E-state index in [1.807, 2.05) is 0 Å². The Labute approximate surface area is 688 Å². The van der Waals surface area contributed by atoms with Gasteiger partial charge in [0.15, 0.2) is 39.2 Å². The molecule has 12 heterocycles. The van der Waals surface area contributed by atoms with Crippen molar-refractivity contribution in [2.75, 3.05) is 26.3 Å². The number of nitrogens with zero attached hydrogens (tertiary/aromatic N) is 4. The Morgan fingerprint density at radius 1 is 0.458 bits per heavy atom. The van der Waals surface area contributed by atoms with Crippen LogP contribution in [0.15, 0.2) is 149 Å². The molecule has 7 aromatic rings. The molecule has 648 valence electrons. The van der Waals surface area contributed by atoms with E-state index in [4.69, 9.17) is 109 Å². The van der Waals surface area contributed by atoms with Gasteiger partial charge in [-0.1, -0.05) is 6.58 Å². The van der Waals surface area contributed by atoms with E-state index in [1.165, 1.54) is 12.1 Å². The predicted molar refractivity (Wildman–Crippen MR) is 386 cm³/mol. The van der Waals surface area contributed by atoms with Gasteiger partial charge in [-0.15, -0.1) is 0 Å². The number of alkyl halides is 4. The molecule has 0 bridgehead atoms. The number of hydrogen-bond acceptors (Lipinski definition) is 36. The summed E-state index contributed by atoms with van der Waals surface area (Å²) in [5.74, 6) is -17.7. The monoisotopic (exact) mass is 1840 g/mol. The molecule has 0 aliphatic carbocycles. The van der Waals surface area contributed by atoms with E-state index in [9.17, 15) is 95.9 Å². The second-order valence-corrected chi connectivity index (χ2v) is 33.1. The minimum Gasteiger partial charge on any atom is -0.404 e. The Morgan fingerprint density at radius 3 is 1.14 bits per heavy atom. The molecular weight excluding hydrogens is 1780 g/mol. The number of nitrogens with one attached hydrogen (secondary N) is 4. The summed E-state index contributed by atoms with van der Waals surface area (Å²) in [6.07, 6.45) is -22.2. The van der Waals surface area contributed by atoms with Gasteiger partial charge in [-0.05, 0) is 109 Å². The number of phosphoric ester groups is 4. The maximum Gasteiger partial charge on any atom is 0.530 e. The number of fused-ring (bicyclic) bond motifs is 4. The SMILES string of the molecule is O=c1ccn([C@@H]2O[C@](F)(COP3(=O)OCc4cc(F)ccc4O3)[C@@H](O)[C@H]2O)c(=S)[nH]1.[2H]C([2H])(OP1(=O)OCc2cc(F)ccc2O1)[C@@]1(F)O[C@@H](n2ccc(=O)[nH]c2=S)[C@H](O)[C@@H]1O.[2H]C([2H])(OP1(=O)OCc2cc(F)ccc2O1)[C@@]1(F)O[C@@]([2H])(N2C=CC(=O)NC2=C)[C@H](O)[C@@H]1O.[2H][C@@]1(n2ccc(=O)[nH]c2=S)O[C@](F)(COP2(=O)OCc3cc(F)ccc3O2)[C@@H](O)[C@H]1O. The van der Waals surface area contributed by atoms with E-state index in [2.05, 4.69) is 35.9 Å². The molecule has 12 N–H and O–H groups in total. The molecule has 4 aromatic carbocycles. The Balaban J connectivity index is 0.000000144. The molecule has 4 unspecified atom stereocenters. The summed E-state index contributed by atoms with van der Waals surface area (Å²) in [4.78, 5) is 52.6. The van der Waals surface area contributed by atoms with E-state index in [0.29, 0.717) is 4.90 Å². The molecule has 0 radical (unpaired) electrons.